The quantitative estimate of drug-likeness (QED) is 0.774. The zero-order valence-electron chi connectivity index (χ0n) is 19.0. The van der Waals surface area contributed by atoms with E-state index in [1.807, 2.05) is 77.9 Å². The van der Waals surface area contributed by atoms with Gasteiger partial charge in [-0.1, -0.05) is 6.07 Å². The summed E-state index contributed by atoms with van der Waals surface area (Å²) in [6.45, 7) is 12.9. The maximum Gasteiger partial charge on any atom is 0.410 e. The number of nitrogens with zero attached hydrogens (tertiary/aromatic N) is 4. The summed E-state index contributed by atoms with van der Waals surface area (Å²) in [6.07, 6.45) is 1.71. The highest BCUT2D eigenvalue weighted by Gasteiger charge is 2.62. The van der Waals surface area contributed by atoms with Crippen LogP contribution in [0.4, 0.5) is 4.79 Å². The number of fused-ring (bicyclic) bond motifs is 2. The fourth-order valence-corrected chi connectivity index (χ4v) is 4.64. The smallest absolute Gasteiger partial charge is 0.410 e. The number of hydrogen-bond donors (Lipinski definition) is 0. The van der Waals surface area contributed by atoms with Crippen LogP contribution >= 0.6 is 0 Å². The molecule has 3 heterocycles. The molecule has 1 aliphatic carbocycles. The number of pyridine rings is 1. The Labute approximate surface area is 178 Å². The summed E-state index contributed by atoms with van der Waals surface area (Å²) < 4.78 is 7.54. The van der Waals surface area contributed by atoms with Crippen molar-refractivity contribution in [1.29, 1.82) is 0 Å². The molecule has 162 valence electrons. The van der Waals surface area contributed by atoms with Crippen LogP contribution in [0, 0.1) is 24.7 Å². The minimum atomic E-state index is -0.558. The lowest BCUT2D eigenvalue weighted by Gasteiger charge is -2.35. The summed E-state index contributed by atoms with van der Waals surface area (Å²) in [7, 11) is 1.86. The Kier molecular flexibility index (Phi) is 4.64. The Morgan fingerprint density at radius 2 is 1.77 bits per heavy atom. The van der Waals surface area contributed by atoms with Gasteiger partial charge >= 0.3 is 6.09 Å². The third-order valence-electron chi connectivity index (χ3n) is 6.58. The molecule has 0 spiro atoms. The lowest BCUT2D eigenvalue weighted by Crippen LogP contribution is -2.46. The van der Waals surface area contributed by atoms with E-state index in [2.05, 4.69) is 4.40 Å². The van der Waals surface area contributed by atoms with Crippen molar-refractivity contribution in [3.8, 4) is 0 Å². The van der Waals surface area contributed by atoms with Crippen LogP contribution in [0.5, 0.6) is 0 Å². The molecular formula is C23H32N4O3. The minimum Gasteiger partial charge on any atom is -0.444 e. The second-order valence-electron chi connectivity index (χ2n) is 10.2. The summed E-state index contributed by atoms with van der Waals surface area (Å²) in [4.78, 5) is 34.0. The van der Waals surface area contributed by atoms with Gasteiger partial charge in [0.1, 0.15) is 11.4 Å². The number of carbonyl (C=O) groups is 2. The van der Waals surface area contributed by atoms with Crippen molar-refractivity contribution in [3.05, 3.63) is 35.9 Å². The number of likely N-dealkylation sites (tertiary alicyclic amines) is 1. The Morgan fingerprint density at radius 3 is 2.37 bits per heavy atom. The largest absolute Gasteiger partial charge is 0.444 e. The molecule has 7 nitrogen and oxygen atoms in total. The van der Waals surface area contributed by atoms with Gasteiger partial charge in [0.05, 0.1) is 16.7 Å². The summed E-state index contributed by atoms with van der Waals surface area (Å²) in [6, 6.07) is 6.02. The van der Waals surface area contributed by atoms with E-state index >= 15 is 0 Å². The molecular weight excluding hydrogens is 380 g/mol. The molecule has 0 radical (unpaired) electrons. The van der Waals surface area contributed by atoms with Gasteiger partial charge in [-0.25, -0.2) is 9.78 Å². The van der Waals surface area contributed by atoms with E-state index in [1.54, 1.807) is 4.90 Å². The summed E-state index contributed by atoms with van der Waals surface area (Å²) in [5.41, 5.74) is 0.944. The third-order valence-corrected chi connectivity index (χ3v) is 6.58. The summed E-state index contributed by atoms with van der Waals surface area (Å²) in [5, 5.41) is 0. The van der Waals surface area contributed by atoms with E-state index < -0.39 is 11.1 Å². The maximum atomic E-state index is 13.3. The van der Waals surface area contributed by atoms with E-state index in [-0.39, 0.29) is 29.8 Å². The fourth-order valence-electron chi connectivity index (χ4n) is 4.64. The van der Waals surface area contributed by atoms with Crippen molar-refractivity contribution >= 4 is 17.5 Å². The number of aryl methyl sites for hydroxylation is 1. The highest BCUT2D eigenvalue weighted by molar-refractivity contribution is 5.84. The Hall–Kier alpha value is -2.57. The van der Waals surface area contributed by atoms with E-state index in [9.17, 15) is 9.59 Å². The van der Waals surface area contributed by atoms with Gasteiger partial charge in [-0.15, -0.1) is 0 Å². The van der Waals surface area contributed by atoms with E-state index in [0.29, 0.717) is 13.1 Å². The molecule has 1 saturated heterocycles. The van der Waals surface area contributed by atoms with Gasteiger partial charge < -0.3 is 18.9 Å². The molecule has 0 aromatic carbocycles. The zero-order valence-corrected chi connectivity index (χ0v) is 19.0. The molecule has 0 N–H and O–H groups in total. The first kappa shape index (κ1) is 20.7. The van der Waals surface area contributed by atoms with Crippen molar-refractivity contribution in [1.82, 2.24) is 19.2 Å². The third kappa shape index (κ3) is 3.34. The normalized spacial score (nSPS) is 23.4. The predicted molar refractivity (Wildman–Crippen MR) is 114 cm³/mol. The van der Waals surface area contributed by atoms with Crippen LogP contribution in [-0.4, -0.2) is 56.9 Å². The van der Waals surface area contributed by atoms with Gasteiger partial charge in [0.15, 0.2) is 0 Å². The number of carbonyl (C=O) groups excluding carboxylic acids is 2. The number of rotatable bonds is 3. The molecule has 4 rings (SSSR count). The average molecular weight is 413 g/mol. The fraction of sp³-hybridized carbons (Fsp3) is 0.609. The topological polar surface area (TPSA) is 67.2 Å². The van der Waals surface area contributed by atoms with E-state index in [0.717, 1.165) is 17.0 Å². The molecule has 2 aromatic rings. The number of piperidine rings is 1. The van der Waals surface area contributed by atoms with E-state index in [4.69, 9.17) is 9.72 Å². The van der Waals surface area contributed by atoms with Crippen molar-refractivity contribution in [2.24, 2.45) is 17.8 Å². The maximum absolute atomic E-state index is 13.3. The van der Waals surface area contributed by atoms with Gasteiger partial charge in [-0.05, 0) is 65.5 Å². The van der Waals surface area contributed by atoms with Crippen LogP contribution in [0.3, 0.4) is 0 Å². The van der Waals surface area contributed by atoms with Gasteiger partial charge in [0, 0.05) is 32.3 Å². The number of aromatic nitrogens is 2. The minimum absolute atomic E-state index is 0.0275. The SMILES string of the molecule is Cc1nc(C(C)(C)N(C)C(=O)C2[C@H]3CN(C(=O)OC(C)(C)C)C[C@@H]23)n2ccccc12. The second-order valence-corrected chi connectivity index (χ2v) is 10.2. The Bertz CT molecular complexity index is 992. The van der Waals surface area contributed by atoms with Crippen LogP contribution < -0.4 is 0 Å². The van der Waals surface area contributed by atoms with Crippen molar-refractivity contribution in [3.63, 3.8) is 0 Å². The average Bonchev–Trinajstić information content (AvgIpc) is 2.99. The Balaban J connectivity index is 1.46. The Morgan fingerprint density at radius 1 is 1.13 bits per heavy atom. The van der Waals surface area contributed by atoms with E-state index in [1.165, 1.54) is 0 Å². The predicted octanol–water partition coefficient (Wildman–Crippen LogP) is 3.45. The molecule has 2 amide bonds. The zero-order chi connectivity index (χ0) is 22.0. The first-order valence-electron chi connectivity index (χ1n) is 10.6. The molecule has 1 unspecified atom stereocenters. The summed E-state index contributed by atoms with van der Waals surface area (Å²) >= 11 is 0. The highest BCUT2D eigenvalue weighted by Crippen LogP contribution is 2.53. The summed E-state index contributed by atoms with van der Waals surface area (Å²) in [5.74, 6) is 1.40. The first-order valence-corrected chi connectivity index (χ1v) is 10.6. The molecule has 3 atom stereocenters. The highest BCUT2D eigenvalue weighted by atomic mass is 16.6. The van der Waals surface area contributed by atoms with Crippen LogP contribution in [0.2, 0.25) is 0 Å². The van der Waals surface area contributed by atoms with Crippen LogP contribution in [0.1, 0.15) is 46.1 Å². The first-order chi connectivity index (χ1) is 13.9. The number of amides is 2. The number of ether oxygens (including phenoxy) is 1. The molecule has 7 heteroatoms. The van der Waals surface area contributed by atoms with Crippen molar-refractivity contribution in [2.75, 3.05) is 20.1 Å². The monoisotopic (exact) mass is 412 g/mol. The van der Waals surface area contributed by atoms with Crippen molar-refractivity contribution < 1.29 is 14.3 Å². The lowest BCUT2D eigenvalue weighted by atomic mass is 10.0. The van der Waals surface area contributed by atoms with Crippen LogP contribution in [-0.2, 0) is 15.1 Å². The van der Waals surface area contributed by atoms with Gasteiger partial charge in [-0.2, -0.15) is 0 Å². The number of imidazole rings is 1. The molecule has 0 bridgehead atoms. The van der Waals surface area contributed by atoms with Gasteiger partial charge in [0.25, 0.3) is 0 Å². The molecule has 1 saturated carbocycles. The van der Waals surface area contributed by atoms with Crippen LogP contribution in [0.15, 0.2) is 24.4 Å². The van der Waals surface area contributed by atoms with Crippen LogP contribution in [0.25, 0.3) is 5.52 Å². The van der Waals surface area contributed by atoms with Crippen molar-refractivity contribution in [2.45, 2.75) is 52.7 Å². The molecule has 2 fully saturated rings. The number of hydrogen-bond acceptors (Lipinski definition) is 4. The lowest BCUT2D eigenvalue weighted by molar-refractivity contribution is -0.137. The molecule has 2 aromatic heterocycles. The second kappa shape index (κ2) is 6.72. The standard InChI is InChI=1S/C23H32N4O3/c1-14-17-10-8-9-11-27(17)20(24-14)23(5,6)25(7)19(28)18-15-12-26(13-16(15)18)21(29)30-22(2,3)4/h8-11,15-16,18H,12-13H2,1-7H3/t15-,16+,18?. The molecule has 2 aliphatic rings. The van der Waals surface area contributed by atoms with Gasteiger partial charge in [0.2, 0.25) is 5.91 Å². The molecule has 30 heavy (non-hydrogen) atoms. The molecule has 1 aliphatic heterocycles. The van der Waals surface area contributed by atoms with Gasteiger partial charge in [-0.3, -0.25) is 4.79 Å².